The summed E-state index contributed by atoms with van der Waals surface area (Å²) >= 11 is 0. The molecule has 0 aliphatic carbocycles. The van der Waals surface area contributed by atoms with Crippen molar-refractivity contribution >= 4 is 16.9 Å². The predicted molar refractivity (Wildman–Crippen MR) is 77.9 cm³/mol. The Labute approximate surface area is 120 Å². The lowest BCUT2D eigenvalue weighted by molar-refractivity contribution is 0.0697. The quantitative estimate of drug-likeness (QED) is 0.770. The summed E-state index contributed by atoms with van der Waals surface area (Å²) < 4.78 is 0. The van der Waals surface area contributed by atoms with Crippen molar-refractivity contribution in [2.24, 2.45) is 0 Å². The SMILES string of the molecule is O=C(O)c1ccc2c(CO)cc(-c3ccccn3)nc2c1. The Morgan fingerprint density at radius 3 is 2.62 bits per heavy atom. The molecule has 3 rings (SSSR count). The van der Waals surface area contributed by atoms with Gasteiger partial charge in [0.15, 0.2) is 0 Å². The molecule has 0 bridgehead atoms. The van der Waals surface area contributed by atoms with Crippen LogP contribution < -0.4 is 0 Å². The van der Waals surface area contributed by atoms with Crippen LogP contribution in [0.4, 0.5) is 0 Å². The minimum absolute atomic E-state index is 0.148. The molecule has 0 fully saturated rings. The van der Waals surface area contributed by atoms with Gasteiger partial charge in [0.2, 0.25) is 0 Å². The van der Waals surface area contributed by atoms with Gasteiger partial charge in [0, 0.05) is 11.6 Å². The summed E-state index contributed by atoms with van der Waals surface area (Å²) in [6.45, 7) is -0.148. The van der Waals surface area contributed by atoms with Crippen LogP contribution in [0.15, 0.2) is 48.7 Å². The molecule has 2 N–H and O–H groups in total. The number of carboxylic acids is 1. The zero-order valence-corrected chi connectivity index (χ0v) is 11.0. The van der Waals surface area contributed by atoms with Crippen LogP contribution in [0.5, 0.6) is 0 Å². The molecule has 0 aliphatic rings. The van der Waals surface area contributed by atoms with Crippen molar-refractivity contribution in [1.82, 2.24) is 9.97 Å². The van der Waals surface area contributed by atoms with Gasteiger partial charge in [-0.2, -0.15) is 0 Å². The summed E-state index contributed by atoms with van der Waals surface area (Å²) in [5, 5.41) is 19.3. The Hall–Kier alpha value is -2.79. The number of aliphatic hydroxyl groups excluding tert-OH is 1. The molecule has 3 aromatic rings. The number of carboxylic acid groups (broad SMARTS) is 1. The molecule has 21 heavy (non-hydrogen) atoms. The van der Waals surface area contributed by atoms with Crippen LogP contribution in [0.3, 0.4) is 0 Å². The largest absolute Gasteiger partial charge is 0.478 e. The number of aromatic carboxylic acids is 1. The zero-order valence-electron chi connectivity index (χ0n) is 11.0. The Bertz CT molecular complexity index is 816. The number of pyridine rings is 2. The summed E-state index contributed by atoms with van der Waals surface area (Å²) in [7, 11) is 0. The molecule has 104 valence electrons. The van der Waals surface area contributed by atoms with Gasteiger partial charge in [0.05, 0.1) is 29.1 Å². The molecule has 5 nitrogen and oxygen atoms in total. The lowest BCUT2D eigenvalue weighted by Gasteiger charge is -2.08. The molecule has 1 aromatic carbocycles. The Morgan fingerprint density at radius 2 is 1.95 bits per heavy atom. The first-order chi connectivity index (χ1) is 10.2. The average Bonchev–Trinajstić information content (AvgIpc) is 2.54. The number of aliphatic hydroxyl groups is 1. The van der Waals surface area contributed by atoms with E-state index in [-0.39, 0.29) is 12.2 Å². The molecular formula is C16H12N2O3. The maximum atomic E-state index is 11.1. The van der Waals surface area contributed by atoms with E-state index in [4.69, 9.17) is 5.11 Å². The lowest BCUT2D eigenvalue weighted by atomic mass is 10.0. The summed E-state index contributed by atoms with van der Waals surface area (Å²) in [6, 6.07) is 11.9. The number of carbonyl (C=O) groups is 1. The fourth-order valence-electron chi connectivity index (χ4n) is 2.21. The topological polar surface area (TPSA) is 83.3 Å². The first-order valence-electron chi connectivity index (χ1n) is 6.38. The van der Waals surface area contributed by atoms with Gasteiger partial charge in [-0.05, 0) is 35.9 Å². The number of fused-ring (bicyclic) bond motifs is 1. The molecule has 0 atom stereocenters. The molecule has 0 radical (unpaired) electrons. The summed E-state index contributed by atoms with van der Waals surface area (Å²) in [5.74, 6) is -1.01. The number of benzene rings is 1. The highest BCUT2D eigenvalue weighted by atomic mass is 16.4. The fraction of sp³-hybridized carbons (Fsp3) is 0.0625. The van der Waals surface area contributed by atoms with E-state index in [0.717, 1.165) is 5.39 Å². The highest BCUT2D eigenvalue weighted by Crippen LogP contribution is 2.24. The van der Waals surface area contributed by atoms with Crippen LogP contribution in [-0.4, -0.2) is 26.2 Å². The molecule has 0 saturated heterocycles. The predicted octanol–water partition coefficient (Wildman–Crippen LogP) is 2.49. The number of hydrogen-bond donors (Lipinski definition) is 2. The molecule has 0 saturated carbocycles. The highest BCUT2D eigenvalue weighted by Gasteiger charge is 2.10. The van der Waals surface area contributed by atoms with Gasteiger partial charge in [-0.15, -0.1) is 0 Å². The summed E-state index contributed by atoms with van der Waals surface area (Å²) in [6.07, 6.45) is 1.66. The Morgan fingerprint density at radius 1 is 1.10 bits per heavy atom. The van der Waals surface area contributed by atoms with Gasteiger partial charge in [-0.1, -0.05) is 12.1 Å². The van der Waals surface area contributed by atoms with E-state index in [1.807, 2.05) is 12.1 Å². The van der Waals surface area contributed by atoms with E-state index in [2.05, 4.69) is 9.97 Å². The van der Waals surface area contributed by atoms with E-state index in [1.54, 1.807) is 24.4 Å². The van der Waals surface area contributed by atoms with Crippen LogP contribution in [0, 0.1) is 0 Å². The molecule has 2 aromatic heterocycles. The third-order valence-corrected chi connectivity index (χ3v) is 3.24. The van der Waals surface area contributed by atoms with E-state index in [1.165, 1.54) is 12.1 Å². The molecule has 0 amide bonds. The Balaban J connectivity index is 2.26. The second-order valence-corrected chi connectivity index (χ2v) is 4.58. The smallest absolute Gasteiger partial charge is 0.335 e. The van der Waals surface area contributed by atoms with E-state index in [9.17, 15) is 9.90 Å². The summed E-state index contributed by atoms with van der Waals surface area (Å²) in [4.78, 5) is 19.8. The van der Waals surface area contributed by atoms with E-state index in [0.29, 0.717) is 22.5 Å². The van der Waals surface area contributed by atoms with Gasteiger partial charge in [0.25, 0.3) is 0 Å². The van der Waals surface area contributed by atoms with Gasteiger partial charge in [0.1, 0.15) is 0 Å². The van der Waals surface area contributed by atoms with Crippen molar-refractivity contribution < 1.29 is 15.0 Å². The van der Waals surface area contributed by atoms with E-state index < -0.39 is 5.97 Å². The molecule has 0 unspecified atom stereocenters. The third kappa shape index (κ3) is 2.46. The second kappa shape index (κ2) is 5.30. The van der Waals surface area contributed by atoms with Crippen molar-refractivity contribution in [3.63, 3.8) is 0 Å². The van der Waals surface area contributed by atoms with Crippen molar-refractivity contribution in [1.29, 1.82) is 0 Å². The van der Waals surface area contributed by atoms with Crippen molar-refractivity contribution in [3.8, 4) is 11.4 Å². The standard InChI is InChI=1S/C16H12N2O3/c19-9-11-8-15(13-3-1-2-6-17-13)18-14-7-10(16(20)21)4-5-12(11)14/h1-8,19H,9H2,(H,20,21). The van der Waals surface area contributed by atoms with Crippen molar-refractivity contribution in [3.05, 3.63) is 59.8 Å². The first-order valence-corrected chi connectivity index (χ1v) is 6.38. The first kappa shape index (κ1) is 13.2. The van der Waals surface area contributed by atoms with Crippen LogP contribution >= 0.6 is 0 Å². The summed E-state index contributed by atoms with van der Waals surface area (Å²) in [5.41, 5.74) is 2.67. The number of aromatic nitrogens is 2. The van der Waals surface area contributed by atoms with Crippen LogP contribution in [-0.2, 0) is 6.61 Å². The van der Waals surface area contributed by atoms with Crippen molar-refractivity contribution in [2.45, 2.75) is 6.61 Å². The normalized spacial score (nSPS) is 10.7. The van der Waals surface area contributed by atoms with Gasteiger partial charge < -0.3 is 10.2 Å². The van der Waals surface area contributed by atoms with Crippen LogP contribution in [0.1, 0.15) is 15.9 Å². The average molecular weight is 280 g/mol. The monoisotopic (exact) mass is 280 g/mol. The van der Waals surface area contributed by atoms with E-state index >= 15 is 0 Å². The fourth-order valence-corrected chi connectivity index (χ4v) is 2.21. The second-order valence-electron chi connectivity index (χ2n) is 4.58. The number of hydrogen-bond acceptors (Lipinski definition) is 4. The molecule has 0 spiro atoms. The zero-order chi connectivity index (χ0) is 14.8. The van der Waals surface area contributed by atoms with Crippen LogP contribution in [0.2, 0.25) is 0 Å². The molecular weight excluding hydrogens is 268 g/mol. The van der Waals surface area contributed by atoms with Gasteiger partial charge in [-0.3, -0.25) is 4.98 Å². The lowest BCUT2D eigenvalue weighted by Crippen LogP contribution is -1.99. The van der Waals surface area contributed by atoms with Crippen LogP contribution in [0.25, 0.3) is 22.3 Å². The maximum absolute atomic E-state index is 11.1. The minimum atomic E-state index is -1.01. The number of rotatable bonds is 3. The van der Waals surface area contributed by atoms with Gasteiger partial charge >= 0.3 is 5.97 Å². The van der Waals surface area contributed by atoms with Crippen molar-refractivity contribution in [2.75, 3.05) is 0 Å². The molecule has 2 heterocycles. The minimum Gasteiger partial charge on any atom is -0.478 e. The van der Waals surface area contributed by atoms with Gasteiger partial charge in [-0.25, -0.2) is 9.78 Å². The highest BCUT2D eigenvalue weighted by molar-refractivity contribution is 5.94. The third-order valence-electron chi connectivity index (χ3n) is 3.24. The molecule has 0 aliphatic heterocycles. The maximum Gasteiger partial charge on any atom is 0.335 e. The molecule has 5 heteroatoms. The number of nitrogens with zero attached hydrogens (tertiary/aromatic N) is 2. The Kier molecular flexibility index (Phi) is 3.33.